The van der Waals surface area contributed by atoms with Gasteiger partial charge in [-0.2, -0.15) is 5.10 Å². The zero-order valence-electron chi connectivity index (χ0n) is 11.8. The highest BCUT2D eigenvalue weighted by atomic mass is 16.1. The molecule has 1 aromatic heterocycles. The molecule has 0 aliphatic heterocycles. The van der Waals surface area contributed by atoms with Crippen LogP contribution in [0.1, 0.15) is 29.9 Å². The van der Waals surface area contributed by atoms with Crippen LogP contribution in [0.2, 0.25) is 0 Å². The Morgan fingerprint density at radius 2 is 2.06 bits per heavy atom. The first kappa shape index (κ1) is 14.5. The molecule has 1 heterocycles. The maximum absolute atomic E-state index is 11.5. The maximum atomic E-state index is 11.5. The van der Waals surface area contributed by atoms with Gasteiger partial charge < -0.3 is 16.4 Å². The van der Waals surface area contributed by atoms with E-state index in [1.54, 1.807) is 18.7 Å². The molecule has 0 atom stereocenters. The van der Waals surface area contributed by atoms with Gasteiger partial charge in [-0.25, -0.2) is 0 Å². The number of carbonyl (C=O) groups is 1. The summed E-state index contributed by atoms with van der Waals surface area (Å²) in [6.45, 7) is 7.24. The molecule has 0 aliphatic rings. The molecule has 0 spiro atoms. The van der Waals surface area contributed by atoms with E-state index in [1.165, 1.54) is 0 Å². The minimum atomic E-state index is -0.451. The number of amides is 1. The molecule has 0 saturated heterocycles. The van der Waals surface area contributed by atoms with Crippen LogP contribution in [-0.4, -0.2) is 35.8 Å². The van der Waals surface area contributed by atoms with Crippen molar-refractivity contribution in [2.75, 3.05) is 25.0 Å². The SMILES string of the molecule is Cc1nn(C)c(N(C)CC(C)(C)CN)c1C(N)=O. The fourth-order valence-corrected chi connectivity index (χ4v) is 2.15. The number of nitrogens with two attached hydrogens (primary N) is 2. The molecule has 6 heteroatoms. The Bertz CT molecular complexity index is 450. The third kappa shape index (κ3) is 2.81. The summed E-state index contributed by atoms with van der Waals surface area (Å²) >= 11 is 0. The van der Waals surface area contributed by atoms with Crippen molar-refractivity contribution >= 4 is 11.7 Å². The average molecular weight is 253 g/mol. The second-order valence-electron chi connectivity index (χ2n) is 5.50. The van der Waals surface area contributed by atoms with E-state index in [0.29, 0.717) is 17.8 Å². The van der Waals surface area contributed by atoms with Crippen LogP contribution in [0, 0.1) is 12.3 Å². The summed E-state index contributed by atoms with van der Waals surface area (Å²) < 4.78 is 1.68. The molecule has 1 amide bonds. The van der Waals surface area contributed by atoms with E-state index in [9.17, 15) is 4.79 Å². The predicted molar refractivity (Wildman–Crippen MR) is 72.6 cm³/mol. The van der Waals surface area contributed by atoms with Crippen LogP contribution in [0.15, 0.2) is 0 Å². The number of carbonyl (C=O) groups excluding carboxylic acids is 1. The summed E-state index contributed by atoms with van der Waals surface area (Å²) in [5.41, 5.74) is 12.2. The molecule has 4 N–H and O–H groups in total. The maximum Gasteiger partial charge on any atom is 0.254 e. The van der Waals surface area contributed by atoms with Gasteiger partial charge in [0, 0.05) is 20.6 Å². The molecule has 18 heavy (non-hydrogen) atoms. The number of hydrogen-bond donors (Lipinski definition) is 2. The van der Waals surface area contributed by atoms with E-state index in [-0.39, 0.29) is 5.41 Å². The number of rotatable bonds is 5. The normalized spacial score (nSPS) is 11.7. The molecule has 6 nitrogen and oxygen atoms in total. The molecule has 0 unspecified atom stereocenters. The Morgan fingerprint density at radius 1 is 1.50 bits per heavy atom. The third-order valence-electron chi connectivity index (χ3n) is 3.02. The predicted octanol–water partition coefficient (Wildman–Crippen LogP) is 0.249. The fraction of sp³-hybridized carbons (Fsp3) is 0.667. The average Bonchev–Trinajstić information content (AvgIpc) is 2.53. The molecule has 0 saturated carbocycles. The van der Waals surface area contributed by atoms with Gasteiger partial charge in [-0.3, -0.25) is 9.48 Å². The summed E-state index contributed by atoms with van der Waals surface area (Å²) in [6.07, 6.45) is 0. The van der Waals surface area contributed by atoms with Crippen molar-refractivity contribution in [1.82, 2.24) is 9.78 Å². The third-order valence-corrected chi connectivity index (χ3v) is 3.02. The monoisotopic (exact) mass is 253 g/mol. The minimum absolute atomic E-state index is 0.0398. The van der Waals surface area contributed by atoms with E-state index in [2.05, 4.69) is 18.9 Å². The van der Waals surface area contributed by atoms with Crippen molar-refractivity contribution in [2.24, 2.45) is 23.9 Å². The highest BCUT2D eigenvalue weighted by molar-refractivity contribution is 5.99. The van der Waals surface area contributed by atoms with Crippen molar-refractivity contribution < 1.29 is 4.79 Å². The van der Waals surface area contributed by atoms with Crippen molar-refractivity contribution in [3.8, 4) is 0 Å². The smallest absolute Gasteiger partial charge is 0.254 e. The van der Waals surface area contributed by atoms with E-state index in [0.717, 1.165) is 12.4 Å². The van der Waals surface area contributed by atoms with Crippen LogP contribution >= 0.6 is 0 Å². The van der Waals surface area contributed by atoms with E-state index in [4.69, 9.17) is 11.5 Å². The lowest BCUT2D eigenvalue weighted by molar-refractivity contribution is 0.1000. The first-order chi connectivity index (χ1) is 8.19. The number of aryl methyl sites for hydroxylation is 2. The molecule has 0 fully saturated rings. The molecule has 1 aromatic rings. The highest BCUT2D eigenvalue weighted by Gasteiger charge is 2.25. The molecular formula is C12H23N5O. The molecule has 0 aromatic carbocycles. The summed E-state index contributed by atoms with van der Waals surface area (Å²) in [6, 6.07) is 0. The van der Waals surface area contributed by atoms with Gasteiger partial charge in [0.1, 0.15) is 11.4 Å². The standard InChI is InChI=1S/C12H23N5O/c1-8-9(10(14)18)11(17(5)15-8)16(4)7-12(2,3)6-13/h6-7,13H2,1-5H3,(H2,14,18). The van der Waals surface area contributed by atoms with Gasteiger partial charge in [0.05, 0.1) is 5.69 Å². The first-order valence-electron chi connectivity index (χ1n) is 5.94. The Kier molecular flexibility index (Phi) is 4.01. The van der Waals surface area contributed by atoms with Gasteiger partial charge >= 0.3 is 0 Å². The van der Waals surface area contributed by atoms with E-state index >= 15 is 0 Å². The lowest BCUT2D eigenvalue weighted by atomic mass is 9.93. The van der Waals surface area contributed by atoms with Crippen molar-refractivity contribution in [1.29, 1.82) is 0 Å². The number of anilines is 1. The number of primary amides is 1. The summed E-state index contributed by atoms with van der Waals surface area (Å²) in [5, 5.41) is 4.25. The molecule has 0 radical (unpaired) electrons. The van der Waals surface area contributed by atoms with Crippen LogP contribution < -0.4 is 16.4 Å². The quantitative estimate of drug-likeness (QED) is 0.787. The first-order valence-corrected chi connectivity index (χ1v) is 5.94. The Labute approximate surface area is 108 Å². The van der Waals surface area contributed by atoms with Crippen LogP contribution in [0.25, 0.3) is 0 Å². The van der Waals surface area contributed by atoms with E-state index < -0.39 is 5.91 Å². The lowest BCUT2D eigenvalue weighted by Crippen LogP contribution is -2.38. The van der Waals surface area contributed by atoms with Crippen LogP contribution in [-0.2, 0) is 7.05 Å². The van der Waals surface area contributed by atoms with Gasteiger partial charge in [-0.15, -0.1) is 0 Å². The second-order valence-corrected chi connectivity index (χ2v) is 5.50. The highest BCUT2D eigenvalue weighted by Crippen LogP contribution is 2.25. The van der Waals surface area contributed by atoms with Gasteiger partial charge in [0.2, 0.25) is 0 Å². The minimum Gasteiger partial charge on any atom is -0.365 e. The second kappa shape index (κ2) is 4.97. The van der Waals surface area contributed by atoms with Crippen molar-refractivity contribution in [2.45, 2.75) is 20.8 Å². The number of nitrogens with zero attached hydrogens (tertiary/aromatic N) is 3. The summed E-state index contributed by atoms with van der Waals surface area (Å²) in [5.74, 6) is 0.287. The molecule has 102 valence electrons. The van der Waals surface area contributed by atoms with Gasteiger partial charge in [-0.05, 0) is 18.9 Å². The Balaban J connectivity index is 3.13. The zero-order valence-corrected chi connectivity index (χ0v) is 11.8. The summed E-state index contributed by atoms with van der Waals surface area (Å²) in [7, 11) is 3.72. The molecular weight excluding hydrogens is 230 g/mol. The molecule has 0 bridgehead atoms. The lowest BCUT2D eigenvalue weighted by Gasteiger charge is -2.30. The number of hydrogen-bond acceptors (Lipinski definition) is 4. The van der Waals surface area contributed by atoms with Gasteiger partial charge in [-0.1, -0.05) is 13.8 Å². The topological polar surface area (TPSA) is 90.2 Å². The Hall–Kier alpha value is -1.56. The fourth-order valence-electron chi connectivity index (χ4n) is 2.15. The van der Waals surface area contributed by atoms with Crippen LogP contribution in [0.3, 0.4) is 0 Å². The van der Waals surface area contributed by atoms with E-state index in [1.807, 2.05) is 11.9 Å². The number of aromatic nitrogens is 2. The van der Waals surface area contributed by atoms with Crippen LogP contribution in [0.4, 0.5) is 5.82 Å². The van der Waals surface area contributed by atoms with Crippen LogP contribution in [0.5, 0.6) is 0 Å². The van der Waals surface area contributed by atoms with Crippen molar-refractivity contribution in [3.63, 3.8) is 0 Å². The summed E-state index contributed by atoms with van der Waals surface area (Å²) in [4.78, 5) is 13.5. The zero-order chi connectivity index (χ0) is 14.1. The largest absolute Gasteiger partial charge is 0.365 e. The van der Waals surface area contributed by atoms with Crippen molar-refractivity contribution in [3.05, 3.63) is 11.3 Å². The molecule has 0 aliphatic carbocycles. The Morgan fingerprint density at radius 3 is 2.50 bits per heavy atom. The van der Waals surface area contributed by atoms with Gasteiger partial charge in [0.15, 0.2) is 0 Å². The molecule has 1 rings (SSSR count). The van der Waals surface area contributed by atoms with Gasteiger partial charge in [0.25, 0.3) is 5.91 Å².